The number of anilines is 2. The highest BCUT2D eigenvalue weighted by Crippen LogP contribution is 2.46. The molecule has 1 saturated carbocycles. The van der Waals surface area contributed by atoms with Crippen LogP contribution in [0.3, 0.4) is 0 Å². The Kier molecular flexibility index (Phi) is 6.04. The minimum Gasteiger partial charge on any atom is -0.496 e. The van der Waals surface area contributed by atoms with E-state index in [-0.39, 0.29) is 28.3 Å². The van der Waals surface area contributed by atoms with Crippen LogP contribution in [0.4, 0.5) is 20.4 Å². The number of aromatic nitrogens is 2. The lowest BCUT2D eigenvalue weighted by molar-refractivity contribution is 0.0175. The first-order valence-corrected chi connectivity index (χ1v) is 11.5. The number of hydrogen-bond donors (Lipinski definition) is 2. The number of alkyl halides is 2. The van der Waals surface area contributed by atoms with E-state index < -0.39 is 11.9 Å². The quantitative estimate of drug-likeness (QED) is 0.405. The van der Waals surface area contributed by atoms with Gasteiger partial charge >= 0.3 is 5.97 Å². The SMILES string of the molecule is COc1cc2c(cc1C(=O)O)nc(Nc1ccc(C(C)(F)F)cc1)n2[C@H]1C[C@@H](C)CC(C)(C)C1. The van der Waals surface area contributed by atoms with Crippen LogP contribution >= 0.6 is 0 Å². The average molecular weight is 472 g/mol. The number of rotatable bonds is 6. The number of carboxylic acid groups (broad SMARTS) is 1. The van der Waals surface area contributed by atoms with Crippen molar-refractivity contribution >= 4 is 28.6 Å². The summed E-state index contributed by atoms with van der Waals surface area (Å²) in [6, 6.07) is 9.38. The maximum absolute atomic E-state index is 13.6. The summed E-state index contributed by atoms with van der Waals surface area (Å²) < 4.78 is 34.8. The molecule has 0 radical (unpaired) electrons. The molecule has 1 aliphatic rings. The van der Waals surface area contributed by atoms with Gasteiger partial charge in [0.15, 0.2) is 0 Å². The molecular weight excluding hydrogens is 440 g/mol. The van der Waals surface area contributed by atoms with Gasteiger partial charge in [0.05, 0.1) is 18.1 Å². The zero-order valence-electron chi connectivity index (χ0n) is 20.2. The fraction of sp³-hybridized carbons (Fsp3) is 0.462. The lowest BCUT2D eigenvalue weighted by atomic mass is 9.70. The molecule has 1 aliphatic carbocycles. The van der Waals surface area contributed by atoms with Crippen LogP contribution in [0.2, 0.25) is 0 Å². The Morgan fingerprint density at radius 3 is 2.47 bits per heavy atom. The van der Waals surface area contributed by atoms with Crippen molar-refractivity contribution in [2.24, 2.45) is 11.3 Å². The fourth-order valence-electron chi connectivity index (χ4n) is 5.38. The molecule has 0 saturated heterocycles. The smallest absolute Gasteiger partial charge is 0.339 e. The summed E-state index contributed by atoms with van der Waals surface area (Å²) in [5.74, 6) is -2.69. The van der Waals surface area contributed by atoms with Crippen LogP contribution in [0.15, 0.2) is 36.4 Å². The van der Waals surface area contributed by atoms with Crippen molar-refractivity contribution in [3.63, 3.8) is 0 Å². The van der Waals surface area contributed by atoms with Gasteiger partial charge in [0.25, 0.3) is 5.92 Å². The van der Waals surface area contributed by atoms with Crippen molar-refractivity contribution in [2.45, 2.75) is 58.9 Å². The molecule has 2 atom stereocenters. The van der Waals surface area contributed by atoms with Gasteiger partial charge in [-0.3, -0.25) is 0 Å². The zero-order chi connectivity index (χ0) is 24.8. The summed E-state index contributed by atoms with van der Waals surface area (Å²) in [5.41, 5.74) is 2.04. The largest absolute Gasteiger partial charge is 0.496 e. The molecule has 4 rings (SSSR count). The summed E-state index contributed by atoms with van der Waals surface area (Å²) in [7, 11) is 1.45. The molecule has 2 aromatic carbocycles. The second kappa shape index (κ2) is 8.56. The standard InChI is InChI=1S/C26H31F2N3O3/c1-15-10-18(14-25(2,3)13-15)31-21-12-22(34-5)19(23(32)33)11-20(21)30-24(31)29-17-8-6-16(7-9-17)26(4,27)28/h6-9,11-12,15,18H,10,13-14H2,1-5H3,(H,29,30)(H,32,33)/t15-,18+/m1/s1. The molecule has 8 heteroatoms. The van der Waals surface area contributed by atoms with Crippen LogP contribution in [0.25, 0.3) is 11.0 Å². The molecule has 1 heterocycles. The van der Waals surface area contributed by atoms with E-state index in [4.69, 9.17) is 9.72 Å². The van der Waals surface area contributed by atoms with Gasteiger partial charge in [0.2, 0.25) is 5.95 Å². The summed E-state index contributed by atoms with van der Waals surface area (Å²) in [5, 5.41) is 12.9. The van der Waals surface area contributed by atoms with Crippen LogP contribution in [0.1, 0.15) is 68.9 Å². The first kappa shape index (κ1) is 24.0. The highest BCUT2D eigenvalue weighted by Gasteiger charge is 2.35. The number of halogens is 2. The van der Waals surface area contributed by atoms with E-state index in [9.17, 15) is 18.7 Å². The van der Waals surface area contributed by atoms with Crippen molar-refractivity contribution in [1.29, 1.82) is 0 Å². The van der Waals surface area contributed by atoms with Gasteiger partial charge in [-0.05, 0) is 48.8 Å². The van der Waals surface area contributed by atoms with Gasteiger partial charge in [0, 0.05) is 30.3 Å². The molecule has 1 aromatic heterocycles. The summed E-state index contributed by atoms with van der Waals surface area (Å²) in [4.78, 5) is 16.5. The van der Waals surface area contributed by atoms with Crippen LogP contribution in [0, 0.1) is 11.3 Å². The van der Waals surface area contributed by atoms with E-state index in [1.807, 2.05) is 0 Å². The van der Waals surface area contributed by atoms with Crippen LogP contribution in [-0.2, 0) is 5.92 Å². The topological polar surface area (TPSA) is 76.4 Å². The molecule has 3 aromatic rings. The van der Waals surface area contributed by atoms with Crippen molar-refractivity contribution in [3.05, 3.63) is 47.5 Å². The van der Waals surface area contributed by atoms with Gasteiger partial charge < -0.3 is 19.7 Å². The van der Waals surface area contributed by atoms with E-state index in [2.05, 4.69) is 30.7 Å². The van der Waals surface area contributed by atoms with Gasteiger partial charge in [0.1, 0.15) is 11.3 Å². The number of aromatic carboxylic acids is 1. The van der Waals surface area contributed by atoms with E-state index in [1.165, 1.54) is 25.3 Å². The van der Waals surface area contributed by atoms with Crippen LogP contribution < -0.4 is 10.1 Å². The summed E-state index contributed by atoms with van der Waals surface area (Å²) in [6.45, 7) is 7.63. The molecule has 2 N–H and O–H groups in total. The lowest BCUT2D eigenvalue weighted by Gasteiger charge is -2.40. The first-order valence-electron chi connectivity index (χ1n) is 11.5. The van der Waals surface area contributed by atoms with Crippen LogP contribution in [-0.4, -0.2) is 27.7 Å². The highest BCUT2D eigenvalue weighted by atomic mass is 19.3. The molecule has 34 heavy (non-hydrogen) atoms. The Bertz CT molecular complexity index is 1210. The van der Waals surface area contributed by atoms with Gasteiger partial charge in [-0.15, -0.1) is 0 Å². The molecule has 0 bridgehead atoms. The number of nitrogens with zero attached hydrogens (tertiary/aromatic N) is 2. The molecule has 182 valence electrons. The number of carboxylic acids is 1. The third kappa shape index (κ3) is 4.72. The van der Waals surface area contributed by atoms with Gasteiger partial charge in [-0.1, -0.05) is 32.9 Å². The molecule has 0 aliphatic heterocycles. The number of methoxy groups -OCH3 is 1. The zero-order valence-corrected chi connectivity index (χ0v) is 20.2. The monoisotopic (exact) mass is 471 g/mol. The van der Waals surface area contributed by atoms with E-state index in [1.54, 1.807) is 18.2 Å². The van der Waals surface area contributed by atoms with Crippen molar-refractivity contribution in [3.8, 4) is 5.75 Å². The Hall–Kier alpha value is -3.16. The van der Waals surface area contributed by atoms with Crippen molar-refractivity contribution < 1.29 is 23.4 Å². The molecule has 0 amide bonds. The molecule has 0 unspecified atom stereocenters. The normalized spacial score (nSPS) is 20.3. The van der Waals surface area contributed by atoms with Gasteiger partial charge in [-0.25, -0.2) is 18.6 Å². The van der Waals surface area contributed by atoms with E-state index in [0.29, 0.717) is 23.1 Å². The number of benzene rings is 2. The minimum atomic E-state index is -2.92. The molecular formula is C26H31F2N3O3. The minimum absolute atomic E-state index is 0.0399. The Balaban J connectivity index is 1.84. The second-order valence-electron chi connectivity index (χ2n) is 10.3. The average Bonchev–Trinajstić information content (AvgIpc) is 3.07. The van der Waals surface area contributed by atoms with Crippen molar-refractivity contribution in [2.75, 3.05) is 12.4 Å². The molecule has 6 nitrogen and oxygen atoms in total. The third-order valence-corrected chi connectivity index (χ3v) is 6.62. The summed E-state index contributed by atoms with van der Waals surface area (Å²) >= 11 is 0. The van der Waals surface area contributed by atoms with Gasteiger partial charge in [-0.2, -0.15) is 0 Å². The number of carbonyl (C=O) groups is 1. The number of nitrogens with one attached hydrogen (secondary N) is 1. The fourth-order valence-corrected chi connectivity index (χ4v) is 5.38. The number of ether oxygens (including phenoxy) is 1. The predicted octanol–water partition coefficient (Wildman–Crippen LogP) is 6.99. The Labute approximate surface area is 197 Å². The lowest BCUT2D eigenvalue weighted by Crippen LogP contribution is -2.29. The maximum Gasteiger partial charge on any atom is 0.339 e. The second-order valence-corrected chi connectivity index (χ2v) is 10.3. The number of hydrogen-bond acceptors (Lipinski definition) is 4. The molecule has 0 spiro atoms. The van der Waals surface area contributed by atoms with E-state index in [0.717, 1.165) is 31.7 Å². The highest BCUT2D eigenvalue weighted by molar-refractivity contribution is 5.96. The maximum atomic E-state index is 13.6. The first-order chi connectivity index (χ1) is 15.9. The summed E-state index contributed by atoms with van der Waals surface area (Å²) in [6.07, 6.45) is 3.01. The van der Waals surface area contributed by atoms with Crippen LogP contribution in [0.5, 0.6) is 5.75 Å². The number of imidazole rings is 1. The van der Waals surface area contributed by atoms with E-state index >= 15 is 0 Å². The number of fused-ring (bicyclic) bond motifs is 1. The predicted molar refractivity (Wildman–Crippen MR) is 128 cm³/mol. The van der Waals surface area contributed by atoms with Crippen molar-refractivity contribution in [1.82, 2.24) is 9.55 Å². The third-order valence-electron chi connectivity index (χ3n) is 6.62. The Morgan fingerprint density at radius 1 is 1.24 bits per heavy atom. The molecule has 1 fully saturated rings. The Morgan fingerprint density at radius 2 is 1.91 bits per heavy atom.